The number of carbonyl (C=O) groups excluding carboxylic acids is 1. The van der Waals surface area contributed by atoms with Gasteiger partial charge in [0.2, 0.25) is 0 Å². The number of ether oxygens (including phenoxy) is 1. The highest BCUT2D eigenvalue weighted by molar-refractivity contribution is 5.68. The average molecular weight is 293 g/mol. The van der Waals surface area contributed by atoms with Crippen molar-refractivity contribution in [2.75, 3.05) is 13.1 Å². The molecule has 2 rings (SSSR count). The monoisotopic (exact) mass is 293 g/mol. The van der Waals surface area contributed by atoms with E-state index in [0.29, 0.717) is 19.4 Å². The van der Waals surface area contributed by atoms with Crippen molar-refractivity contribution in [1.29, 1.82) is 0 Å². The van der Waals surface area contributed by atoms with E-state index >= 15 is 0 Å². The zero-order valence-electron chi connectivity index (χ0n) is 13.5. The summed E-state index contributed by atoms with van der Waals surface area (Å²) < 4.78 is 13.5. The summed E-state index contributed by atoms with van der Waals surface area (Å²) in [5, 5.41) is 10.9. The van der Waals surface area contributed by atoms with Crippen LogP contribution in [0.5, 0.6) is 0 Å². The fraction of sp³-hybridized carbons (Fsp3) is 0.533. The van der Waals surface area contributed by atoms with Crippen LogP contribution in [-0.2, 0) is 17.6 Å². The molecule has 0 fully saturated rings. The number of amides is 1. The van der Waals surface area contributed by atoms with E-state index in [9.17, 15) is 14.9 Å². The largest absolute Gasteiger partial charge is 0.444 e. The van der Waals surface area contributed by atoms with E-state index in [1.165, 1.54) is 17.0 Å². The highest BCUT2D eigenvalue weighted by Crippen LogP contribution is 2.22. The van der Waals surface area contributed by atoms with Crippen LogP contribution in [0.3, 0.4) is 0 Å². The fourth-order valence-corrected chi connectivity index (χ4v) is 2.18. The second-order valence-corrected chi connectivity index (χ2v) is 6.02. The molecule has 1 heterocycles. The minimum Gasteiger partial charge on any atom is -0.444 e. The lowest BCUT2D eigenvalue weighted by Gasteiger charge is -2.26. The molecule has 6 heteroatoms. The van der Waals surface area contributed by atoms with E-state index in [1.54, 1.807) is 26.8 Å². The first-order chi connectivity index (χ1) is 10.2. The van der Waals surface area contributed by atoms with Gasteiger partial charge in [-0.05, 0) is 44.7 Å². The Bertz CT molecular complexity index is 598. The molecule has 1 unspecified atom stereocenters. The highest BCUT2D eigenvalue weighted by atomic mass is 16.6. The summed E-state index contributed by atoms with van der Waals surface area (Å²) in [6, 6.07) is 4.64. The Labute approximate surface area is 125 Å². The summed E-state index contributed by atoms with van der Waals surface area (Å²) in [5.41, 5.74) is 1.11. The molecule has 1 aromatic carbocycles. The van der Waals surface area contributed by atoms with Gasteiger partial charge in [0.1, 0.15) is 5.60 Å². The molecule has 0 saturated heterocycles. The first-order valence-electron chi connectivity index (χ1n) is 7.43. The smallest absolute Gasteiger partial charge is 0.410 e. The molecule has 0 radical (unpaired) electrons. The van der Waals surface area contributed by atoms with Crippen LogP contribution in [0.15, 0.2) is 18.2 Å². The van der Waals surface area contributed by atoms with Crippen molar-refractivity contribution in [1.82, 2.24) is 4.90 Å². The van der Waals surface area contributed by atoms with Gasteiger partial charge < -0.3 is 9.64 Å². The van der Waals surface area contributed by atoms with Crippen molar-refractivity contribution >= 4 is 11.8 Å². The molecule has 0 N–H and O–H groups in total. The Morgan fingerprint density at radius 1 is 1.38 bits per heavy atom. The Morgan fingerprint density at radius 2 is 2.10 bits per heavy atom. The fourth-order valence-electron chi connectivity index (χ4n) is 2.18. The highest BCUT2D eigenvalue weighted by Gasteiger charge is 2.24. The number of rotatable bonds is 1. The standard InChI is InChI=1S/C15H20N2O4/c1-15(2,3)21-14(18)16-8-6-11-4-5-13(17(19)20)10-12(11)7-9-16/h4-5,10H,6-9H2,1-3H3/i8D. The molecule has 1 aliphatic rings. The van der Waals surface area contributed by atoms with Crippen molar-refractivity contribution in [3.63, 3.8) is 0 Å². The lowest BCUT2D eigenvalue weighted by atomic mass is 10.0. The van der Waals surface area contributed by atoms with Crippen LogP contribution in [-0.4, -0.2) is 34.6 Å². The van der Waals surface area contributed by atoms with E-state index in [4.69, 9.17) is 6.11 Å². The quantitative estimate of drug-likeness (QED) is 0.589. The lowest BCUT2D eigenvalue weighted by molar-refractivity contribution is -0.384. The van der Waals surface area contributed by atoms with Gasteiger partial charge in [-0.3, -0.25) is 10.1 Å². The predicted molar refractivity (Wildman–Crippen MR) is 78.3 cm³/mol. The SMILES string of the molecule is [2H]C1Cc2ccc([N+](=O)[O-])cc2CCN1C(=O)OC(C)(C)C. The number of hydrogen-bond donors (Lipinski definition) is 0. The molecule has 0 aromatic heterocycles. The molecule has 0 saturated carbocycles. The zero-order chi connectivity index (χ0) is 16.5. The minimum absolute atomic E-state index is 0.0333. The van der Waals surface area contributed by atoms with Gasteiger partial charge in [-0.1, -0.05) is 6.07 Å². The molecule has 1 amide bonds. The molecule has 114 valence electrons. The van der Waals surface area contributed by atoms with E-state index in [0.717, 1.165) is 11.1 Å². The summed E-state index contributed by atoms with van der Waals surface area (Å²) in [7, 11) is 0. The lowest BCUT2D eigenvalue weighted by Crippen LogP contribution is -2.38. The first kappa shape index (κ1) is 13.9. The normalized spacial score (nSPS) is 19.3. The van der Waals surface area contributed by atoms with Gasteiger partial charge in [-0.2, -0.15) is 0 Å². The Kier molecular flexibility index (Phi) is 3.77. The van der Waals surface area contributed by atoms with Crippen LogP contribution in [0.4, 0.5) is 10.5 Å². The van der Waals surface area contributed by atoms with Crippen LogP contribution in [0.25, 0.3) is 0 Å². The summed E-state index contributed by atoms with van der Waals surface area (Å²) in [4.78, 5) is 24.0. The van der Waals surface area contributed by atoms with Crippen LogP contribution >= 0.6 is 0 Å². The maximum Gasteiger partial charge on any atom is 0.410 e. The van der Waals surface area contributed by atoms with Gasteiger partial charge in [-0.25, -0.2) is 4.79 Å². The summed E-state index contributed by atoms with van der Waals surface area (Å²) in [5.74, 6) is 0. The summed E-state index contributed by atoms with van der Waals surface area (Å²) in [6.45, 7) is 4.90. The Balaban J connectivity index is 2.19. The number of non-ortho nitro benzene ring substituents is 1. The van der Waals surface area contributed by atoms with Crippen LogP contribution in [0.1, 0.15) is 33.3 Å². The molecule has 1 aromatic rings. The number of aryl methyl sites for hydroxylation is 1. The first-order valence-corrected chi connectivity index (χ1v) is 6.85. The molecule has 0 spiro atoms. The molecular weight excluding hydrogens is 272 g/mol. The zero-order valence-corrected chi connectivity index (χ0v) is 12.5. The summed E-state index contributed by atoms with van der Waals surface area (Å²) >= 11 is 0. The Morgan fingerprint density at radius 3 is 2.71 bits per heavy atom. The number of nitrogens with zero attached hydrogens (tertiary/aromatic N) is 2. The van der Waals surface area contributed by atoms with E-state index in [-0.39, 0.29) is 5.69 Å². The third kappa shape index (κ3) is 3.93. The second-order valence-electron chi connectivity index (χ2n) is 6.02. The predicted octanol–water partition coefficient (Wildman–Crippen LogP) is 2.93. The van der Waals surface area contributed by atoms with Gasteiger partial charge in [0.15, 0.2) is 0 Å². The maximum atomic E-state index is 12.2. The molecule has 1 atom stereocenters. The molecule has 6 nitrogen and oxygen atoms in total. The molecular formula is C15H20N2O4. The van der Waals surface area contributed by atoms with Gasteiger partial charge in [0.05, 0.1) is 4.92 Å². The van der Waals surface area contributed by atoms with Crippen molar-refractivity contribution in [2.45, 2.75) is 39.2 Å². The maximum absolute atomic E-state index is 12.2. The van der Waals surface area contributed by atoms with Gasteiger partial charge in [0, 0.05) is 26.6 Å². The van der Waals surface area contributed by atoms with Gasteiger partial charge in [-0.15, -0.1) is 0 Å². The number of nitro benzene ring substituents is 1. The molecule has 1 aliphatic heterocycles. The van der Waals surface area contributed by atoms with Crippen LogP contribution in [0.2, 0.25) is 0 Å². The third-order valence-electron chi connectivity index (χ3n) is 3.18. The number of nitro groups is 1. The molecule has 0 bridgehead atoms. The summed E-state index contributed by atoms with van der Waals surface area (Å²) in [6.07, 6.45) is 0.299. The Hall–Kier alpha value is -2.11. The van der Waals surface area contributed by atoms with Gasteiger partial charge in [0.25, 0.3) is 5.69 Å². The number of benzene rings is 1. The average Bonchev–Trinajstić information content (AvgIpc) is 2.53. The van der Waals surface area contributed by atoms with Crippen LogP contribution < -0.4 is 0 Å². The minimum atomic E-state index is -0.752. The molecule has 0 aliphatic carbocycles. The van der Waals surface area contributed by atoms with Crippen molar-refractivity contribution in [2.24, 2.45) is 0 Å². The van der Waals surface area contributed by atoms with Crippen LogP contribution in [0, 0.1) is 10.1 Å². The van der Waals surface area contributed by atoms with E-state index < -0.39 is 23.1 Å². The number of hydrogen-bond acceptors (Lipinski definition) is 4. The third-order valence-corrected chi connectivity index (χ3v) is 3.18. The van der Waals surface area contributed by atoms with Crippen molar-refractivity contribution in [3.8, 4) is 0 Å². The van der Waals surface area contributed by atoms with Gasteiger partial charge >= 0.3 is 6.09 Å². The van der Waals surface area contributed by atoms with Crippen molar-refractivity contribution < 1.29 is 15.8 Å². The second kappa shape index (κ2) is 5.71. The topological polar surface area (TPSA) is 72.7 Å². The molecule has 21 heavy (non-hydrogen) atoms. The van der Waals surface area contributed by atoms with Crippen molar-refractivity contribution in [3.05, 3.63) is 39.4 Å². The number of carbonyl (C=O) groups is 1. The van der Waals surface area contributed by atoms with E-state index in [2.05, 4.69) is 0 Å². The van der Waals surface area contributed by atoms with E-state index in [1.807, 2.05) is 0 Å². The number of fused-ring (bicyclic) bond motifs is 1.